The summed E-state index contributed by atoms with van der Waals surface area (Å²) in [5, 5.41) is 21.9. The van der Waals surface area contributed by atoms with Gasteiger partial charge in [0.15, 0.2) is 0 Å². The molecule has 0 atom stereocenters. The summed E-state index contributed by atoms with van der Waals surface area (Å²) in [5.74, 6) is -0.463. The molecule has 0 amide bonds. The van der Waals surface area contributed by atoms with E-state index in [0.717, 1.165) is 0 Å². The molecule has 2 rings (SSSR count). The summed E-state index contributed by atoms with van der Waals surface area (Å²) in [5.41, 5.74) is -0.731. The van der Waals surface area contributed by atoms with Gasteiger partial charge in [0.2, 0.25) is 5.75 Å². The van der Waals surface area contributed by atoms with Gasteiger partial charge in [-0.2, -0.15) is 0 Å². The molecular weight excluding hydrogens is 414 g/mol. The van der Waals surface area contributed by atoms with Gasteiger partial charge in [0.25, 0.3) is 5.88 Å². The van der Waals surface area contributed by atoms with Crippen LogP contribution in [0.3, 0.4) is 0 Å². The van der Waals surface area contributed by atoms with E-state index >= 15 is 0 Å². The second kappa shape index (κ2) is 6.14. The summed E-state index contributed by atoms with van der Waals surface area (Å²) in [7, 11) is 0. The number of hydrogen-bond acceptors (Lipinski definition) is 6. The lowest BCUT2D eigenvalue weighted by atomic mass is 10.3. The van der Waals surface area contributed by atoms with Crippen LogP contribution in [0.15, 0.2) is 39.4 Å². The van der Waals surface area contributed by atoms with E-state index in [-0.39, 0.29) is 17.3 Å². The normalized spacial score (nSPS) is 10.2. The molecule has 0 spiro atoms. The minimum atomic E-state index is -0.683. The third-order valence-corrected chi connectivity index (χ3v) is 3.25. The average Bonchev–Trinajstić information content (AvgIpc) is 2.42. The molecule has 1 aromatic heterocycles. The van der Waals surface area contributed by atoms with Crippen molar-refractivity contribution in [3.05, 3.63) is 59.6 Å². The van der Waals surface area contributed by atoms with Crippen molar-refractivity contribution in [3.8, 4) is 11.6 Å². The first kappa shape index (κ1) is 15.3. The van der Waals surface area contributed by atoms with Gasteiger partial charge in [-0.25, -0.2) is 4.98 Å². The van der Waals surface area contributed by atoms with E-state index in [1.54, 1.807) is 0 Å². The van der Waals surface area contributed by atoms with Gasteiger partial charge in [0.05, 0.1) is 9.85 Å². The van der Waals surface area contributed by atoms with Gasteiger partial charge in [-0.05, 0) is 28.1 Å². The number of benzene rings is 1. The SMILES string of the molecule is O=[N+]([O-])c1cc(Br)ccc1Oc1ncc(Br)cc1[N+](=O)[O-]. The lowest BCUT2D eigenvalue weighted by Crippen LogP contribution is -1.98. The molecule has 0 saturated heterocycles. The smallest absolute Gasteiger partial charge is 0.332 e. The Kier molecular flexibility index (Phi) is 4.48. The first-order valence-corrected chi connectivity index (χ1v) is 6.89. The highest BCUT2D eigenvalue weighted by atomic mass is 79.9. The molecule has 0 radical (unpaired) electrons. The van der Waals surface area contributed by atoms with Crippen molar-refractivity contribution >= 4 is 43.2 Å². The number of nitro groups is 2. The minimum Gasteiger partial charge on any atom is -0.426 e. The van der Waals surface area contributed by atoms with Gasteiger partial charge < -0.3 is 4.74 Å². The predicted octanol–water partition coefficient (Wildman–Crippen LogP) is 4.22. The molecule has 0 aliphatic rings. The highest BCUT2D eigenvalue weighted by Gasteiger charge is 2.22. The topological polar surface area (TPSA) is 108 Å². The zero-order valence-corrected chi connectivity index (χ0v) is 13.2. The summed E-state index contributed by atoms with van der Waals surface area (Å²) in [4.78, 5) is 24.4. The number of rotatable bonds is 4. The van der Waals surface area contributed by atoms with Gasteiger partial charge >= 0.3 is 11.4 Å². The Morgan fingerprint density at radius 2 is 1.62 bits per heavy atom. The summed E-state index contributed by atoms with van der Waals surface area (Å²) in [6.07, 6.45) is 1.30. The number of nitrogens with zero attached hydrogens (tertiary/aromatic N) is 3. The Morgan fingerprint density at radius 3 is 2.24 bits per heavy atom. The standard InChI is InChI=1S/C11H5Br2N3O5/c12-6-1-2-10(8(3-6)15(17)18)21-11-9(16(19)20)4-7(13)5-14-11/h1-5H. The molecule has 0 saturated carbocycles. The quantitative estimate of drug-likeness (QED) is 0.543. The van der Waals surface area contributed by atoms with Crippen LogP contribution in [0, 0.1) is 20.2 Å². The summed E-state index contributed by atoms with van der Waals surface area (Å²) < 4.78 is 6.12. The highest BCUT2D eigenvalue weighted by molar-refractivity contribution is 9.10. The second-order valence-corrected chi connectivity index (χ2v) is 5.54. The lowest BCUT2D eigenvalue weighted by Gasteiger charge is -2.06. The fourth-order valence-corrected chi connectivity index (χ4v) is 2.12. The Bertz CT molecular complexity index is 676. The predicted molar refractivity (Wildman–Crippen MR) is 79.5 cm³/mol. The summed E-state index contributed by atoms with van der Waals surface area (Å²) in [6.45, 7) is 0. The third kappa shape index (κ3) is 3.52. The Morgan fingerprint density at radius 1 is 1.00 bits per heavy atom. The number of ether oxygens (including phenoxy) is 1. The zero-order valence-electron chi connectivity index (χ0n) is 10.0. The molecule has 2 aromatic rings. The van der Waals surface area contributed by atoms with Crippen LogP contribution >= 0.6 is 31.9 Å². The molecule has 10 heteroatoms. The second-order valence-electron chi connectivity index (χ2n) is 3.71. The Hall–Kier alpha value is -2.07. The third-order valence-electron chi connectivity index (χ3n) is 2.32. The van der Waals surface area contributed by atoms with Crippen LogP contribution in [0.25, 0.3) is 0 Å². The van der Waals surface area contributed by atoms with E-state index in [9.17, 15) is 20.2 Å². The lowest BCUT2D eigenvalue weighted by molar-refractivity contribution is -0.387. The van der Waals surface area contributed by atoms with Crippen molar-refractivity contribution in [1.29, 1.82) is 0 Å². The summed E-state index contributed by atoms with van der Waals surface area (Å²) >= 11 is 6.17. The van der Waals surface area contributed by atoms with Gasteiger partial charge in [0, 0.05) is 27.3 Å². The van der Waals surface area contributed by atoms with Crippen molar-refractivity contribution in [2.45, 2.75) is 0 Å². The van der Waals surface area contributed by atoms with Crippen LogP contribution < -0.4 is 4.74 Å². The van der Waals surface area contributed by atoms with E-state index in [0.29, 0.717) is 8.95 Å². The maximum absolute atomic E-state index is 11.0. The van der Waals surface area contributed by atoms with E-state index in [4.69, 9.17) is 4.74 Å². The van der Waals surface area contributed by atoms with Crippen LogP contribution in [-0.4, -0.2) is 14.8 Å². The molecule has 0 fully saturated rings. The number of nitro benzene ring substituents is 1. The molecule has 0 bridgehead atoms. The van der Waals surface area contributed by atoms with E-state index < -0.39 is 15.5 Å². The molecule has 0 aliphatic heterocycles. The highest BCUT2D eigenvalue weighted by Crippen LogP contribution is 2.36. The van der Waals surface area contributed by atoms with E-state index in [1.807, 2.05) is 0 Å². The van der Waals surface area contributed by atoms with E-state index in [1.165, 1.54) is 30.5 Å². The maximum atomic E-state index is 11.0. The first-order valence-electron chi connectivity index (χ1n) is 5.30. The maximum Gasteiger partial charge on any atom is 0.332 e. The van der Waals surface area contributed by atoms with Gasteiger partial charge in [0.1, 0.15) is 0 Å². The van der Waals surface area contributed by atoms with Gasteiger partial charge in [-0.1, -0.05) is 15.9 Å². The van der Waals surface area contributed by atoms with Crippen molar-refractivity contribution in [2.24, 2.45) is 0 Å². The number of aromatic nitrogens is 1. The molecule has 108 valence electrons. The Labute approximate surface area is 134 Å². The number of pyridine rings is 1. The molecule has 1 aromatic carbocycles. The summed E-state index contributed by atoms with van der Waals surface area (Å²) in [6, 6.07) is 5.29. The molecule has 1 heterocycles. The van der Waals surface area contributed by atoms with Crippen LogP contribution in [0.5, 0.6) is 11.6 Å². The van der Waals surface area contributed by atoms with Crippen molar-refractivity contribution in [2.75, 3.05) is 0 Å². The molecule has 8 nitrogen and oxygen atoms in total. The fraction of sp³-hybridized carbons (Fsp3) is 0. The number of halogens is 2. The largest absolute Gasteiger partial charge is 0.426 e. The average molecular weight is 419 g/mol. The van der Waals surface area contributed by atoms with Crippen molar-refractivity contribution in [3.63, 3.8) is 0 Å². The van der Waals surface area contributed by atoms with Crippen LogP contribution in [0.4, 0.5) is 11.4 Å². The molecular formula is C11H5Br2N3O5. The van der Waals surface area contributed by atoms with E-state index in [2.05, 4.69) is 36.8 Å². The van der Waals surface area contributed by atoms with Crippen molar-refractivity contribution in [1.82, 2.24) is 4.98 Å². The molecule has 21 heavy (non-hydrogen) atoms. The van der Waals surface area contributed by atoms with Crippen LogP contribution in [0.2, 0.25) is 0 Å². The molecule has 0 aliphatic carbocycles. The number of hydrogen-bond donors (Lipinski definition) is 0. The minimum absolute atomic E-state index is 0.138. The zero-order chi connectivity index (χ0) is 15.6. The van der Waals surface area contributed by atoms with Gasteiger partial charge in [-0.15, -0.1) is 0 Å². The molecule has 0 N–H and O–H groups in total. The monoisotopic (exact) mass is 417 g/mol. The van der Waals surface area contributed by atoms with Crippen molar-refractivity contribution < 1.29 is 14.6 Å². The van der Waals surface area contributed by atoms with Gasteiger partial charge in [-0.3, -0.25) is 20.2 Å². The first-order chi connectivity index (χ1) is 9.88. The fourth-order valence-electron chi connectivity index (χ4n) is 1.45. The Balaban J connectivity index is 2.48. The molecule has 0 unspecified atom stereocenters. The van der Waals surface area contributed by atoms with Crippen LogP contribution in [0.1, 0.15) is 0 Å². The van der Waals surface area contributed by atoms with Crippen LogP contribution in [-0.2, 0) is 0 Å².